The van der Waals surface area contributed by atoms with Crippen molar-refractivity contribution in [1.29, 1.82) is 0 Å². The van der Waals surface area contributed by atoms with Crippen molar-refractivity contribution in [2.75, 3.05) is 6.54 Å². The molecule has 0 saturated carbocycles. The molecule has 0 aliphatic heterocycles. The van der Waals surface area contributed by atoms with Gasteiger partial charge in [0.15, 0.2) is 0 Å². The summed E-state index contributed by atoms with van der Waals surface area (Å²) >= 11 is 1.39. The quantitative estimate of drug-likeness (QED) is 0.740. The molecule has 2 aromatic rings. The second-order valence-electron chi connectivity index (χ2n) is 3.20. The van der Waals surface area contributed by atoms with Crippen LogP contribution >= 0.6 is 11.5 Å². The van der Waals surface area contributed by atoms with E-state index in [1.807, 2.05) is 22.3 Å². The molecule has 0 aliphatic rings. The first-order valence-corrected chi connectivity index (χ1v) is 5.73. The molecule has 0 spiro atoms. The van der Waals surface area contributed by atoms with Crippen LogP contribution in [0.1, 0.15) is 12.1 Å². The smallest absolute Gasteiger partial charge is 0.0893 e. The van der Waals surface area contributed by atoms with Gasteiger partial charge < -0.3 is 5.32 Å². The number of hydrogen-bond acceptors (Lipinski definition) is 5. The molecule has 2 rings (SSSR count). The lowest BCUT2D eigenvalue weighted by molar-refractivity contribution is 0.541. The van der Waals surface area contributed by atoms with Crippen molar-refractivity contribution in [3.63, 3.8) is 0 Å². The van der Waals surface area contributed by atoms with E-state index in [1.54, 1.807) is 6.20 Å². The third-order valence-electron chi connectivity index (χ3n) is 2.01. The van der Waals surface area contributed by atoms with Gasteiger partial charge in [0.25, 0.3) is 0 Å². The van der Waals surface area contributed by atoms with Crippen LogP contribution in [0.15, 0.2) is 23.8 Å². The second kappa shape index (κ2) is 5.57. The molecule has 0 aliphatic carbocycles. The predicted molar refractivity (Wildman–Crippen MR) is 58.5 cm³/mol. The van der Waals surface area contributed by atoms with Crippen LogP contribution < -0.4 is 5.32 Å². The van der Waals surface area contributed by atoms with Crippen molar-refractivity contribution < 1.29 is 0 Å². The molecule has 80 valence electrons. The minimum absolute atomic E-state index is 0.801. The lowest BCUT2D eigenvalue weighted by Crippen LogP contribution is -2.16. The van der Waals surface area contributed by atoms with E-state index in [1.165, 1.54) is 11.5 Å². The van der Waals surface area contributed by atoms with Gasteiger partial charge in [-0.25, -0.2) is 0 Å². The van der Waals surface area contributed by atoms with E-state index < -0.39 is 0 Å². The van der Waals surface area contributed by atoms with Gasteiger partial charge >= 0.3 is 0 Å². The normalized spacial score (nSPS) is 10.7. The molecule has 1 N–H and O–H groups in total. The molecule has 0 aromatic carbocycles. The SMILES string of the molecule is c1cnn(CCCNCc2csnn2)c1. The first kappa shape index (κ1) is 10.3. The molecule has 0 unspecified atom stereocenters. The van der Waals surface area contributed by atoms with Gasteiger partial charge in [-0.05, 0) is 30.6 Å². The van der Waals surface area contributed by atoms with E-state index in [4.69, 9.17) is 0 Å². The number of nitrogens with zero attached hydrogens (tertiary/aromatic N) is 4. The molecule has 2 heterocycles. The van der Waals surface area contributed by atoms with E-state index in [2.05, 4.69) is 20.0 Å². The molecule has 6 heteroatoms. The molecule has 5 nitrogen and oxygen atoms in total. The van der Waals surface area contributed by atoms with Crippen LogP contribution in [0.25, 0.3) is 0 Å². The topological polar surface area (TPSA) is 55.6 Å². The third-order valence-corrected chi connectivity index (χ3v) is 2.56. The van der Waals surface area contributed by atoms with Gasteiger partial charge in [-0.2, -0.15) is 5.10 Å². The van der Waals surface area contributed by atoms with Gasteiger partial charge in [0.2, 0.25) is 0 Å². The van der Waals surface area contributed by atoms with Gasteiger partial charge in [-0.1, -0.05) is 4.49 Å². The third kappa shape index (κ3) is 3.41. The van der Waals surface area contributed by atoms with Gasteiger partial charge in [0.1, 0.15) is 0 Å². The average Bonchev–Trinajstić information content (AvgIpc) is 2.88. The maximum atomic E-state index is 4.13. The first-order chi connectivity index (χ1) is 7.45. The zero-order valence-electron chi connectivity index (χ0n) is 8.33. The fraction of sp³-hybridized carbons (Fsp3) is 0.444. The number of hydrogen-bond donors (Lipinski definition) is 1. The summed E-state index contributed by atoms with van der Waals surface area (Å²) in [5.41, 5.74) is 1.01. The Kier molecular flexibility index (Phi) is 3.81. The summed E-state index contributed by atoms with van der Waals surface area (Å²) in [6.07, 6.45) is 4.85. The molecular formula is C9H13N5S. The lowest BCUT2D eigenvalue weighted by atomic mass is 10.4. The summed E-state index contributed by atoms with van der Waals surface area (Å²) in [6.45, 7) is 2.72. The Hall–Kier alpha value is -1.27. The summed E-state index contributed by atoms with van der Waals surface area (Å²) in [7, 11) is 0. The van der Waals surface area contributed by atoms with E-state index in [9.17, 15) is 0 Å². The Bertz CT molecular complexity index is 320. The minimum atomic E-state index is 0.801. The van der Waals surface area contributed by atoms with Crippen LogP contribution in [0.3, 0.4) is 0 Å². The standard InChI is InChI=1S/C9H13N5S/c1(5-14-6-2-4-11-14)3-10-7-9-8-15-13-12-9/h2,4,6,8,10H,1,3,5,7H2. The summed E-state index contributed by atoms with van der Waals surface area (Å²) in [5, 5.41) is 13.4. The van der Waals surface area contributed by atoms with Crippen molar-refractivity contribution in [2.24, 2.45) is 0 Å². The van der Waals surface area contributed by atoms with E-state index >= 15 is 0 Å². The molecule has 0 bridgehead atoms. The number of aryl methyl sites for hydroxylation is 1. The van der Waals surface area contributed by atoms with Crippen LogP contribution in [0.5, 0.6) is 0 Å². The van der Waals surface area contributed by atoms with Crippen LogP contribution in [-0.2, 0) is 13.1 Å². The fourth-order valence-corrected chi connectivity index (χ4v) is 1.73. The van der Waals surface area contributed by atoms with Crippen LogP contribution in [-0.4, -0.2) is 25.9 Å². The number of aromatic nitrogens is 4. The molecule has 0 saturated heterocycles. The molecule has 0 amide bonds. The lowest BCUT2D eigenvalue weighted by Gasteiger charge is -2.02. The van der Waals surface area contributed by atoms with Crippen LogP contribution in [0.2, 0.25) is 0 Å². The first-order valence-electron chi connectivity index (χ1n) is 4.89. The summed E-state index contributed by atoms with van der Waals surface area (Å²) in [6, 6.07) is 1.94. The van der Waals surface area contributed by atoms with Gasteiger partial charge in [-0.3, -0.25) is 4.68 Å². The molecule has 0 atom stereocenters. The Balaban J connectivity index is 1.56. The summed E-state index contributed by atoms with van der Waals surface area (Å²) in [5.74, 6) is 0. The Morgan fingerprint density at radius 2 is 2.47 bits per heavy atom. The van der Waals surface area contributed by atoms with Crippen LogP contribution in [0.4, 0.5) is 0 Å². The van der Waals surface area contributed by atoms with E-state index in [-0.39, 0.29) is 0 Å². The highest BCUT2D eigenvalue weighted by Crippen LogP contribution is 1.95. The Morgan fingerprint density at radius 3 is 3.20 bits per heavy atom. The van der Waals surface area contributed by atoms with Crippen molar-refractivity contribution >= 4 is 11.5 Å². The minimum Gasteiger partial charge on any atom is -0.311 e. The number of rotatable bonds is 6. The predicted octanol–water partition coefficient (Wildman–Crippen LogP) is 0.914. The Labute approximate surface area is 92.3 Å². The average molecular weight is 223 g/mol. The van der Waals surface area contributed by atoms with Gasteiger partial charge in [-0.15, -0.1) is 5.10 Å². The zero-order chi connectivity index (χ0) is 10.3. The molecule has 0 fully saturated rings. The molecule has 15 heavy (non-hydrogen) atoms. The van der Waals surface area contributed by atoms with E-state index in [0.717, 1.165) is 31.7 Å². The van der Waals surface area contributed by atoms with E-state index in [0.29, 0.717) is 0 Å². The monoisotopic (exact) mass is 223 g/mol. The van der Waals surface area contributed by atoms with Crippen molar-refractivity contribution in [2.45, 2.75) is 19.5 Å². The maximum absolute atomic E-state index is 4.13. The van der Waals surface area contributed by atoms with Crippen molar-refractivity contribution in [3.8, 4) is 0 Å². The largest absolute Gasteiger partial charge is 0.311 e. The van der Waals surface area contributed by atoms with Gasteiger partial charge in [0.05, 0.1) is 5.69 Å². The molecule has 2 aromatic heterocycles. The second-order valence-corrected chi connectivity index (χ2v) is 3.81. The summed E-state index contributed by atoms with van der Waals surface area (Å²) < 4.78 is 5.74. The Morgan fingerprint density at radius 1 is 1.47 bits per heavy atom. The van der Waals surface area contributed by atoms with Crippen LogP contribution in [0, 0.1) is 0 Å². The number of nitrogens with one attached hydrogen (secondary N) is 1. The summed E-state index contributed by atoms with van der Waals surface area (Å²) in [4.78, 5) is 0. The fourth-order valence-electron chi connectivity index (χ4n) is 1.28. The highest BCUT2D eigenvalue weighted by Gasteiger charge is 1.95. The van der Waals surface area contributed by atoms with Crippen molar-refractivity contribution in [3.05, 3.63) is 29.5 Å². The molecule has 0 radical (unpaired) electrons. The zero-order valence-corrected chi connectivity index (χ0v) is 9.15. The van der Waals surface area contributed by atoms with Crippen molar-refractivity contribution in [1.82, 2.24) is 24.7 Å². The highest BCUT2D eigenvalue weighted by atomic mass is 32.1. The maximum Gasteiger partial charge on any atom is 0.0893 e. The highest BCUT2D eigenvalue weighted by molar-refractivity contribution is 7.03. The molecular weight excluding hydrogens is 210 g/mol. The van der Waals surface area contributed by atoms with Gasteiger partial charge in [0, 0.05) is 30.9 Å².